The number of carbonyl (C=O) groups excluding carboxylic acids is 2. The number of para-hydroxylation sites is 1. The SMILES string of the molecule is CN(C(=O)c1ccco1)c1ccccc1C(=O)NC1CCCc2cc(OC(F)F)ccc21. The van der Waals surface area contributed by atoms with E-state index in [1.54, 1.807) is 55.6 Å². The Morgan fingerprint density at radius 3 is 2.72 bits per heavy atom. The van der Waals surface area contributed by atoms with Crippen molar-refractivity contribution in [2.75, 3.05) is 11.9 Å². The number of benzene rings is 2. The summed E-state index contributed by atoms with van der Waals surface area (Å²) in [4.78, 5) is 27.2. The first-order chi connectivity index (χ1) is 15.4. The van der Waals surface area contributed by atoms with E-state index in [1.807, 2.05) is 0 Å². The van der Waals surface area contributed by atoms with Crippen LogP contribution in [0.4, 0.5) is 14.5 Å². The minimum Gasteiger partial charge on any atom is -0.459 e. The Bertz CT molecular complexity index is 1110. The molecule has 0 saturated heterocycles. The van der Waals surface area contributed by atoms with Crippen LogP contribution in [0.25, 0.3) is 0 Å². The number of hydrogen-bond acceptors (Lipinski definition) is 4. The molecule has 0 aliphatic heterocycles. The molecular formula is C24H22F2N2O4. The van der Waals surface area contributed by atoms with E-state index < -0.39 is 6.61 Å². The van der Waals surface area contributed by atoms with Crippen molar-refractivity contribution < 1.29 is 27.5 Å². The fraction of sp³-hybridized carbons (Fsp3) is 0.250. The van der Waals surface area contributed by atoms with E-state index in [-0.39, 0.29) is 29.4 Å². The first kappa shape index (κ1) is 21.5. The number of alkyl halides is 2. The summed E-state index contributed by atoms with van der Waals surface area (Å²) in [6, 6.07) is 14.5. The molecule has 4 rings (SSSR count). The second-order valence-electron chi connectivity index (χ2n) is 7.52. The van der Waals surface area contributed by atoms with Crippen LogP contribution in [-0.2, 0) is 6.42 Å². The lowest BCUT2D eigenvalue weighted by atomic mass is 9.87. The van der Waals surface area contributed by atoms with Gasteiger partial charge in [-0.3, -0.25) is 9.59 Å². The van der Waals surface area contributed by atoms with Crippen molar-refractivity contribution in [2.45, 2.75) is 31.9 Å². The van der Waals surface area contributed by atoms with Crippen LogP contribution in [0.1, 0.15) is 50.9 Å². The second-order valence-corrected chi connectivity index (χ2v) is 7.52. The summed E-state index contributed by atoms with van der Waals surface area (Å²) in [6.07, 6.45) is 3.66. The quantitative estimate of drug-likeness (QED) is 0.588. The zero-order chi connectivity index (χ0) is 22.7. The van der Waals surface area contributed by atoms with Crippen LogP contribution in [0, 0.1) is 0 Å². The Balaban J connectivity index is 1.55. The summed E-state index contributed by atoms with van der Waals surface area (Å²) in [7, 11) is 1.58. The Kier molecular flexibility index (Phi) is 6.20. The van der Waals surface area contributed by atoms with Gasteiger partial charge >= 0.3 is 6.61 Å². The van der Waals surface area contributed by atoms with E-state index in [0.717, 1.165) is 30.4 Å². The van der Waals surface area contributed by atoms with Gasteiger partial charge in [0.2, 0.25) is 0 Å². The molecule has 8 heteroatoms. The Morgan fingerprint density at radius 2 is 1.97 bits per heavy atom. The zero-order valence-electron chi connectivity index (χ0n) is 17.4. The third kappa shape index (κ3) is 4.49. The van der Waals surface area contributed by atoms with Crippen molar-refractivity contribution in [2.24, 2.45) is 0 Å². The number of amides is 2. The lowest BCUT2D eigenvalue weighted by Gasteiger charge is -2.28. The molecule has 1 aliphatic rings. The smallest absolute Gasteiger partial charge is 0.387 e. The molecule has 1 unspecified atom stereocenters. The Morgan fingerprint density at radius 1 is 1.16 bits per heavy atom. The third-order valence-electron chi connectivity index (χ3n) is 5.51. The lowest BCUT2D eigenvalue weighted by Crippen LogP contribution is -2.33. The summed E-state index contributed by atoms with van der Waals surface area (Å²) in [5, 5.41) is 3.03. The Hall–Kier alpha value is -3.68. The van der Waals surface area contributed by atoms with Crippen molar-refractivity contribution in [3.63, 3.8) is 0 Å². The van der Waals surface area contributed by atoms with Gasteiger partial charge in [-0.05, 0) is 66.8 Å². The van der Waals surface area contributed by atoms with E-state index in [2.05, 4.69) is 10.1 Å². The van der Waals surface area contributed by atoms with Crippen molar-refractivity contribution >= 4 is 17.5 Å². The van der Waals surface area contributed by atoms with Gasteiger partial charge in [-0.1, -0.05) is 18.2 Å². The van der Waals surface area contributed by atoms with Crippen molar-refractivity contribution in [1.82, 2.24) is 5.32 Å². The maximum absolute atomic E-state index is 13.2. The summed E-state index contributed by atoms with van der Waals surface area (Å²) in [5.41, 5.74) is 2.55. The van der Waals surface area contributed by atoms with Crippen LogP contribution in [0.3, 0.4) is 0 Å². The van der Waals surface area contributed by atoms with Gasteiger partial charge in [0, 0.05) is 7.05 Å². The van der Waals surface area contributed by atoms with Gasteiger partial charge in [0.15, 0.2) is 5.76 Å². The molecule has 0 saturated carbocycles. The third-order valence-corrected chi connectivity index (χ3v) is 5.51. The van der Waals surface area contributed by atoms with E-state index in [9.17, 15) is 18.4 Å². The Labute approximate surface area is 183 Å². The number of anilines is 1. The van der Waals surface area contributed by atoms with Crippen LogP contribution in [0.5, 0.6) is 5.75 Å². The average Bonchev–Trinajstić information content (AvgIpc) is 3.32. The predicted octanol–water partition coefficient (Wildman–Crippen LogP) is 4.97. The molecule has 1 N–H and O–H groups in total. The van der Waals surface area contributed by atoms with Gasteiger partial charge in [-0.15, -0.1) is 0 Å². The van der Waals surface area contributed by atoms with Crippen LogP contribution >= 0.6 is 0 Å². The van der Waals surface area contributed by atoms with E-state index in [0.29, 0.717) is 11.3 Å². The highest BCUT2D eigenvalue weighted by molar-refractivity contribution is 6.09. The van der Waals surface area contributed by atoms with Crippen molar-refractivity contribution in [1.29, 1.82) is 0 Å². The van der Waals surface area contributed by atoms with Crippen LogP contribution < -0.4 is 15.0 Å². The van der Waals surface area contributed by atoms with Gasteiger partial charge < -0.3 is 19.4 Å². The van der Waals surface area contributed by atoms with E-state index in [1.165, 1.54) is 17.2 Å². The number of ether oxygens (including phenoxy) is 1. The molecule has 1 aromatic heterocycles. The molecule has 0 spiro atoms. The normalized spacial score (nSPS) is 15.2. The number of carbonyl (C=O) groups is 2. The van der Waals surface area contributed by atoms with Gasteiger partial charge in [0.1, 0.15) is 5.75 Å². The first-order valence-electron chi connectivity index (χ1n) is 10.2. The number of fused-ring (bicyclic) bond motifs is 1. The minimum absolute atomic E-state index is 0.106. The topological polar surface area (TPSA) is 71.8 Å². The number of rotatable bonds is 6. The number of nitrogens with one attached hydrogen (secondary N) is 1. The molecule has 166 valence electrons. The highest BCUT2D eigenvalue weighted by atomic mass is 19.3. The van der Waals surface area contributed by atoms with Gasteiger partial charge in [0.05, 0.1) is 23.6 Å². The second kappa shape index (κ2) is 9.21. The van der Waals surface area contributed by atoms with Crippen molar-refractivity contribution in [3.05, 3.63) is 83.3 Å². The van der Waals surface area contributed by atoms with E-state index >= 15 is 0 Å². The van der Waals surface area contributed by atoms with Crippen LogP contribution in [0.15, 0.2) is 65.3 Å². The highest BCUT2D eigenvalue weighted by Gasteiger charge is 2.26. The molecule has 0 fully saturated rings. The minimum atomic E-state index is -2.88. The summed E-state index contributed by atoms with van der Waals surface area (Å²) < 4.78 is 34.7. The fourth-order valence-electron chi connectivity index (χ4n) is 3.99. The largest absolute Gasteiger partial charge is 0.459 e. The molecular weight excluding hydrogens is 418 g/mol. The summed E-state index contributed by atoms with van der Waals surface area (Å²) in [6.45, 7) is -2.88. The number of aryl methyl sites for hydroxylation is 1. The zero-order valence-corrected chi connectivity index (χ0v) is 17.4. The van der Waals surface area contributed by atoms with Gasteiger partial charge in [-0.2, -0.15) is 8.78 Å². The lowest BCUT2D eigenvalue weighted by molar-refractivity contribution is -0.0499. The molecule has 1 heterocycles. The molecule has 0 radical (unpaired) electrons. The molecule has 1 atom stereocenters. The number of furan rings is 1. The fourth-order valence-corrected chi connectivity index (χ4v) is 3.99. The molecule has 6 nitrogen and oxygen atoms in total. The summed E-state index contributed by atoms with van der Waals surface area (Å²) >= 11 is 0. The van der Waals surface area contributed by atoms with Gasteiger partial charge in [0.25, 0.3) is 11.8 Å². The van der Waals surface area contributed by atoms with Crippen LogP contribution in [0.2, 0.25) is 0 Å². The predicted molar refractivity (Wildman–Crippen MR) is 114 cm³/mol. The van der Waals surface area contributed by atoms with E-state index in [4.69, 9.17) is 4.42 Å². The number of halogens is 2. The van der Waals surface area contributed by atoms with Gasteiger partial charge in [-0.25, -0.2) is 0 Å². The molecule has 32 heavy (non-hydrogen) atoms. The summed E-state index contributed by atoms with van der Waals surface area (Å²) in [5.74, 6) is -0.421. The van der Waals surface area contributed by atoms with Crippen LogP contribution in [-0.4, -0.2) is 25.5 Å². The average molecular weight is 440 g/mol. The molecule has 3 aromatic rings. The molecule has 2 aromatic carbocycles. The molecule has 1 aliphatic carbocycles. The maximum atomic E-state index is 13.2. The maximum Gasteiger partial charge on any atom is 0.387 e. The highest BCUT2D eigenvalue weighted by Crippen LogP contribution is 2.33. The first-order valence-corrected chi connectivity index (χ1v) is 10.2. The molecule has 0 bridgehead atoms. The number of nitrogens with zero attached hydrogens (tertiary/aromatic N) is 1. The van der Waals surface area contributed by atoms with Crippen molar-refractivity contribution in [3.8, 4) is 5.75 Å². The monoisotopic (exact) mass is 440 g/mol. The number of hydrogen-bond donors (Lipinski definition) is 1. The molecule has 2 amide bonds. The standard InChI is InChI=1S/C24H22F2N2O4/c1-28(23(30)21-10-5-13-31-21)20-9-3-2-7-18(20)22(29)27-19-8-4-6-15-14-16(32-24(25)26)11-12-17(15)19/h2-3,5,7,9-14,19,24H,4,6,8H2,1H3,(H,27,29).